The van der Waals surface area contributed by atoms with E-state index in [1.807, 2.05) is 6.92 Å². The number of benzene rings is 2. The molecular weight excluding hydrogens is 351 g/mol. The highest BCUT2D eigenvalue weighted by Crippen LogP contribution is 2.26. The van der Waals surface area contributed by atoms with Gasteiger partial charge in [0.1, 0.15) is 6.54 Å². The number of nitrogens with zero attached hydrogens (tertiary/aromatic N) is 1. The first-order valence-electron chi connectivity index (χ1n) is 7.08. The summed E-state index contributed by atoms with van der Waals surface area (Å²) in [5.41, 5.74) is 1.83. The summed E-state index contributed by atoms with van der Waals surface area (Å²) in [6, 6.07) is 9.51. The lowest BCUT2D eigenvalue weighted by atomic mass is 10.1. The maximum absolute atomic E-state index is 12.3. The molecule has 1 N–H and O–H groups in total. The molecule has 0 aliphatic carbocycles. The predicted molar refractivity (Wildman–Crippen MR) is 91.6 cm³/mol. The van der Waals surface area contributed by atoms with E-state index in [1.165, 1.54) is 18.2 Å². The first-order chi connectivity index (χ1) is 11.4. The van der Waals surface area contributed by atoms with Crippen LogP contribution in [0.3, 0.4) is 0 Å². The van der Waals surface area contributed by atoms with Gasteiger partial charge in [0, 0.05) is 15.7 Å². The molecule has 1 aliphatic heterocycles. The number of aryl methyl sites for hydroxylation is 1. The van der Waals surface area contributed by atoms with Crippen molar-refractivity contribution in [1.29, 1.82) is 0 Å². The van der Waals surface area contributed by atoms with Crippen LogP contribution in [0.25, 0.3) is 0 Å². The second-order valence-corrected chi connectivity index (χ2v) is 6.24. The van der Waals surface area contributed by atoms with Crippen LogP contribution >= 0.6 is 23.2 Å². The zero-order valence-corrected chi connectivity index (χ0v) is 14.1. The van der Waals surface area contributed by atoms with Gasteiger partial charge in [-0.15, -0.1) is 0 Å². The third-order valence-corrected chi connectivity index (χ3v) is 4.33. The molecule has 0 radical (unpaired) electrons. The molecule has 1 aliphatic rings. The van der Waals surface area contributed by atoms with Gasteiger partial charge in [-0.3, -0.25) is 19.3 Å². The SMILES string of the molecule is Cc1ccc(NC(=O)CN2C(=O)c3ccc(Cl)cc3C2=O)cc1Cl. The molecule has 0 unspecified atom stereocenters. The Bertz CT molecular complexity index is 880. The van der Waals surface area contributed by atoms with Gasteiger partial charge in [0.15, 0.2) is 0 Å². The number of anilines is 1. The minimum absolute atomic E-state index is 0.207. The van der Waals surface area contributed by atoms with E-state index in [1.54, 1.807) is 18.2 Å². The number of carbonyl (C=O) groups excluding carboxylic acids is 3. The standard InChI is InChI=1S/C17H12Cl2N2O3/c1-9-2-4-11(7-14(9)19)20-15(22)8-21-16(23)12-5-3-10(18)6-13(12)17(21)24/h2-7H,8H2,1H3,(H,20,22). The number of halogens is 2. The minimum Gasteiger partial charge on any atom is -0.324 e. The van der Waals surface area contributed by atoms with Crippen molar-refractivity contribution in [2.45, 2.75) is 6.92 Å². The average Bonchev–Trinajstić information content (AvgIpc) is 2.75. The van der Waals surface area contributed by atoms with Crippen molar-refractivity contribution in [3.05, 3.63) is 63.1 Å². The molecule has 0 atom stereocenters. The third-order valence-electron chi connectivity index (χ3n) is 3.69. The van der Waals surface area contributed by atoms with E-state index in [0.29, 0.717) is 15.7 Å². The molecule has 24 heavy (non-hydrogen) atoms. The van der Waals surface area contributed by atoms with Crippen LogP contribution in [0.2, 0.25) is 10.0 Å². The Labute approximate surface area is 148 Å². The van der Waals surface area contributed by atoms with Crippen molar-refractivity contribution in [2.24, 2.45) is 0 Å². The van der Waals surface area contributed by atoms with E-state index in [-0.39, 0.29) is 17.7 Å². The van der Waals surface area contributed by atoms with Gasteiger partial charge in [0.2, 0.25) is 5.91 Å². The second-order valence-electron chi connectivity index (χ2n) is 5.40. The van der Waals surface area contributed by atoms with E-state index in [9.17, 15) is 14.4 Å². The molecule has 5 nitrogen and oxygen atoms in total. The molecule has 2 aromatic rings. The fraction of sp³-hybridized carbons (Fsp3) is 0.118. The molecule has 7 heteroatoms. The van der Waals surface area contributed by atoms with Gasteiger partial charge in [-0.2, -0.15) is 0 Å². The van der Waals surface area contributed by atoms with Crippen LogP contribution in [0.4, 0.5) is 5.69 Å². The summed E-state index contributed by atoms with van der Waals surface area (Å²) in [6.07, 6.45) is 0. The summed E-state index contributed by atoms with van der Waals surface area (Å²) in [5, 5.41) is 3.49. The van der Waals surface area contributed by atoms with E-state index in [4.69, 9.17) is 23.2 Å². The highest BCUT2D eigenvalue weighted by molar-refractivity contribution is 6.32. The Hall–Kier alpha value is -2.37. The molecule has 3 rings (SSSR count). The number of hydrogen-bond donors (Lipinski definition) is 1. The predicted octanol–water partition coefficient (Wildman–Crippen LogP) is 3.54. The number of nitrogens with one attached hydrogen (secondary N) is 1. The topological polar surface area (TPSA) is 66.5 Å². The third kappa shape index (κ3) is 3.00. The van der Waals surface area contributed by atoms with Crippen molar-refractivity contribution in [1.82, 2.24) is 4.90 Å². The van der Waals surface area contributed by atoms with Crippen molar-refractivity contribution >= 4 is 46.6 Å². The lowest BCUT2D eigenvalue weighted by Gasteiger charge is -2.14. The summed E-state index contributed by atoms with van der Waals surface area (Å²) in [5.74, 6) is -1.53. The number of rotatable bonds is 3. The van der Waals surface area contributed by atoms with Gasteiger partial charge in [-0.1, -0.05) is 29.3 Å². The molecule has 0 saturated carbocycles. The Morgan fingerprint density at radius 1 is 1.04 bits per heavy atom. The molecule has 122 valence electrons. The summed E-state index contributed by atoms with van der Waals surface area (Å²) < 4.78 is 0. The molecule has 0 bridgehead atoms. The molecular formula is C17H12Cl2N2O3. The van der Waals surface area contributed by atoms with E-state index in [0.717, 1.165) is 10.5 Å². The summed E-state index contributed by atoms with van der Waals surface area (Å²) in [6.45, 7) is 1.47. The Morgan fingerprint density at radius 2 is 1.75 bits per heavy atom. The van der Waals surface area contributed by atoms with Crippen molar-refractivity contribution in [3.8, 4) is 0 Å². The molecule has 0 spiro atoms. The number of carbonyl (C=O) groups is 3. The van der Waals surface area contributed by atoms with Crippen LogP contribution in [0.15, 0.2) is 36.4 Å². The van der Waals surface area contributed by atoms with Crippen molar-refractivity contribution in [2.75, 3.05) is 11.9 Å². The average molecular weight is 363 g/mol. The van der Waals surface area contributed by atoms with Crippen molar-refractivity contribution in [3.63, 3.8) is 0 Å². The zero-order valence-electron chi connectivity index (χ0n) is 12.6. The molecule has 1 heterocycles. The van der Waals surface area contributed by atoms with Gasteiger partial charge in [0.25, 0.3) is 11.8 Å². The molecule has 0 aromatic heterocycles. The van der Waals surface area contributed by atoms with Gasteiger partial charge < -0.3 is 5.32 Å². The van der Waals surface area contributed by atoms with Crippen LogP contribution in [0.1, 0.15) is 26.3 Å². The van der Waals surface area contributed by atoms with Crippen LogP contribution in [0, 0.1) is 6.92 Å². The number of hydrogen-bond acceptors (Lipinski definition) is 3. The quantitative estimate of drug-likeness (QED) is 0.849. The van der Waals surface area contributed by atoms with E-state index >= 15 is 0 Å². The highest BCUT2D eigenvalue weighted by Gasteiger charge is 2.36. The summed E-state index contributed by atoms with van der Waals surface area (Å²) in [7, 11) is 0. The number of imide groups is 1. The Kier molecular flexibility index (Phi) is 4.30. The zero-order chi connectivity index (χ0) is 17.4. The fourth-order valence-electron chi connectivity index (χ4n) is 2.42. The van der Waals surface area contributed by atoms with Crippen LogP contribution in [-0.4, -0.2) is 29.2 Å². The van der Waals surface area contributed by atoms with Gasteiger partial charge in [-0.05, 0) is 42.8 Å². The normalized spacial score (nSPS) is 13.2. The molecule has 2 aromatic carbocycles. The summed E-state index contributed by atoms with van der Waals surface area (Å²) in [4.78, 5) is 37.6. The highest BCUT2D eigenvalue weighted by atomic mass is 35.5. The van der Waals surface area contributed by atoms with Crippen molar-refractivity contribution < 1.29 is 14.4 Å². The smallest absolute Gasteiger partial charge is 0.262 e. The van der Waals surface area contributed by atoms with Crippen LogP contribution < -0.4 is 5.32 Å². The maximum atomic E-state index is 12.3. The molecule has 0 fully saturated rings. The molecule has 3 amide bonds. The first kappa shape index (κ1) is 16.5. The number of fused-ring (bicyclic) bond motifs is 1. The fourth-order valence-corrected chi connectivity index (χ4v) is 2.77. The van der Waals surface area contributed by atoms with Crippen LogP contribution in [-0.2, 0) is 4.79 Å². The maximum Gasteiger partial charge on any atom is 0.262 e. The van der Waals surface area contributed by atoms with Gasteiger partial charge in [-0.25, -0.2) is 0 Å². The first-order valence-corrected chi connectivity index (χ1v) is 7.84. The summed E-state index contributed by atoms with van der Waals surface area (Å²) >= 11 is 11.9. The van der Waals surface area contributed by atoms with Gasteiger partial charge in [0.05, 0.1) is 11.1 Å². The Morgan fingerprint density at radius 3 is 2.46 bits per heavy atom. The molecule has 0 saturated heterocycles. The number of amides is 3. The second kappa shape index (κ2) is 6.26. The monoisotopic (exact) mass is 362 g/mol. The largest absolute Gasteiger partial charge is 0.324 e. The van der Waals surface area contributed by atoms with E-state index in [2.05, 4.69) is 5.32 Å². The van der Waals surface area contributed by atoms with Crippen LogP contribution in [0.5, 0.6) is 0 Å². The lowest BCUT2D eigenvalue weighted by molar-refractivity contribution is -0.116. The lowest BCUT2D eigenvalue weighted by Crippen LogP contribution is -2.37. The Balaban J connectivity index is 1.74. The van der Waals surface area contributed by atoms with Gasteiger partial charge >= 0.3 is 0 Å². The van der Waals surface area contributed by atoms with E-state index < -0.39 is 17.7 Å². The minimum atomic E-state index is -0.533.